The van der Waals surface area contributed by atoms with Gasteiger partial charge in [0.15, 0.2) is 0 Å². The first kappa shape index (κ1) is 15.8. The second-order valence-corrected chi connectivity index (χ2v) is 7.18. The molecule has 2 atom stereocenters. The summed E-state index contributed by atoms with van der Waals surface area (Å²) < 4.78 is 2.30. The van der Waals surface area contributed by atoms with E-state index in [1.165, 1.54) is 24.0 Å². The van der Waals surface area contributed by atoms with E-state index in [-0.39, 0.29) is 0 Å². The first-order valence-electron chi connectivity index (χ1n) is 7.11. The Morgan fingerprint density at radius 2 is 1.25 bits per heavy atom. The smallest absolute Gasteiger partial charge is 0.0175 e. The van der Waals surface area contributed by atoms with Crippen molar-refractivity contribution in [2.75, 3.05) is 0 Å². The van der Waals surface area contributed by atoms with Crippen molar-refractivity contribution in [3.8, 4) is 0 Å². The molecule has 0 heterocycles. The van der Waals surface area contributed by atoms with Crippen molar-refractivity contribution in [3.63, 3.8) is 0 Å². The number of benzene rings is 2. The van der Waals surface area contributed by atoms with Gasteiger partial charge in [0.2, 0.25) is 0 Å². The topological polar surface area (TPSA) is 0 Å². The minimum atomic E-state index is 0.580. The lowest BCUT2D eigenvalue weighted by Crippen LogP contribution is -2.03. The fraction of sp³-hybridized carbons (Fsp3) is 0.333. The van der Waals surface area contributed by atoms with E-state index in [9.17, 15) is 0 Å². The molecule has 0 saturated carbocycles. The standard InChI is InChI=1S/C18H20Br2/c1-3-14(16-6-10-18(20)11-7-16)12-13(2)15-4-8-17(19)9-5-15/h4-11,13-14H,3,12H2,1-2H3. The summed E-state index contributed by atoms with van der Waals surface area (Å²) in [5, 5.41) is 0. The lowest BCUT2D eigenvalue weighted by atomic mass is 9.85. The van der Waals surface area contributed by atoms with Crippen LogP contribution in [0.3, 0.4) is 0 Å². The van der Waals surface area contributed by atoms with E-state index in [0.29, 0.717) is 11.8 Å². The largest absolute Gasteiger partial charge is 0.0648 e. The predicted octanol–water partition coefficient (Wildman–Crippen LogP) is 6.90. The average Bonchev–Trinajstić information content (AvgIpc) is 2.46. The van der Waals surface area contributed by atoms with Crippen LogP contribution in [0, 0.1) is 0 Å². The Kier molecular flexibility index (Phi) is 5.86. The fourth-order valence-electron chi connectivity index (χ4n) is 2.63. The van der Waals surface area contributed by atoms with Crippen molar-refractivity contribution < 1.29 is 0 Å². The summed E-state index contributed by atoms with van der Waals surface area (Å²) in [4.78, 5) is 0. The summed E-state index contributed by atoms with van der Waals surface area (Å²) in [5.74, 6) is 1.21. The Balaban J connectivity index is 2.09. The van der Waals surface area contributed by atoms with E-state index in [1.54, 1.807) is 0 Å². The molecule has 106 valence electrons. The van der Waals surface area contributed by atoms with E-state index >= 15 is 0 Å². The van der Waals surface area contributed by atoms with Gasteiger partial charge in [0.25, 0.3) is 0 Å². The zero-order valence-corrected chi connectivity index (χ0v) is 15.1. The average molecular weight is 396 g/mol. The molecule has 0 saturated heterocycles. The first-order valence-corrected chi connectivity index (χ1v) is 8.69. The third-order valence-electron chi connectivity index (χ3n) is 3.91. The maximum Gasteiger partial charge on any atom is 0.0175 e. The molecular formula is C18H20Br2. The molecule has 0 bridgehead atoms. The number of rotatable bonds is 5. The highest BCUT2D eigenvalue weighted by atomic mass is 79.9. The van der Waals surface area contributed by atoms with Gasteiger partial charge in [-0.2, -0.15) is 0 Å². The van der Waals surface area contributed by atoms with Gasteiger partial charge in [0.05, 0.1) is 0 Å². The van der Waals surface area contributed by atoms with Gasteiger partial charge >= 0.3 is 0 Å². The van der Waals surface area contributed by atoms with Crippen molar-refractivity contribution >= 4 is 31.9 Å². The van der Waals surface area contributed by atoms with Gasteiger partial charge in [-0.1, -0.05) is 70.0 Å². The first-order chi connectivity index (χ1) is 9.60. The summed E-state index contributed by atoms with van der Waals surface area (Å²) in [7, 11) is 0. The SMILES string of the molecule is CCC(CC(C)c1ccc(Br)cc1)c1ccc(Br)cc1. The summed E-state index contributed by atoms with van der Waals surface area (Å²) in [6.07, 6.45) is 2.38. The van der Waals surface area contributed by atoms with E-state index < -0.39 is 0 Å². The van der Waals surface area contributed by atoms with E-state index in [4.69, 9.17) is 0 Å². The van der Waals surface area contributed by atoms with Gasteiger partial charge in [-0.15, -0.1) is 0 Å². The Morgan fingerprint density at radius 1 is 0.800 bits per heavy atom. The minimum Gasteiger partial charge on any atom is -0.0648 e. The van der Waals surface area contributed by atoms with Crippen molar-refractivity contribution in [2.24, 2.45) is 0 Å². The molecule has 0 radical (unpaired) electrons. The fourth-order valence-corrected chi connectivity index (χ4v) is 3.16. The molecule has 0 aliphatic rings. The van der Waals surface area contributed by atoms with E-state index in [0.717, 1.165) is 8.95 Å². The molecular weight excluding hydrogens is 376 g/mol. The van der Waals surface area contributed by atoms with Crippen LogP contribution < -0.4 is 0 Å². The maximum absolute atomic E-state index is 3.51. The maximum atomic E-state index is 3.51. The Morgan fingerprint density at radius 3 is 1.70 bits per heavy atom. The lowest BCUT2D eigenvalue weighted by Gasteiger charge is -2.20. The van der Waals surface area contributed by atoms with Crippen molar-refractivity contribution in [1.29, 1.82) is 0 Å². The number of hydrogen-bond donors (Lipinski definition) is 0. The molecule has 0 aliphatic carbocycles. The molecule has 20 heavy (non-hydrogen) atoms. The molecule has 0 amide bonds. The second-order valence-electron chi connectivity index (χ2n) is 5.35. The zero-order chi connectivity index (χ0) is 14.5. The van der Waals surface area contributed by atoms with Gasteiger partial charge in [0, 0.05) is 8.95 Å². The third kappa shape index (κ3) is 4.20. The molecule has 2 rings (SSSR count). The van der Waals surface area contributed by atoms with Crippen LogP contribution in [-0.2, 0) is 0 Å². The van der Waals surface area contributed by atoms with Crippen LogP contribution in [0.1, 0.15) is 49.7 Å². The summed E-state index contributed by atoms with van der Waals surface area (Å²) in [6.45, 7) is 4.60. The molecule has 0 spiro atoms. The highest BCUT2D eigenvalue weighted by Gasteiger charge is 2.15. The summed E-state index contributed by atoms with van der Waals surface area (Å²) >= 11 is 7.00. The molecule has 0 fully saturated rings. The molecule has 0 nitrogen and oxygen atoms in total. The molecule has 2 aromatic rings. The van der Waals surface area contributed by atoms with Crippen LogP contribution in [0.4, 0.5) is 0 Å². The highest BCUT2D eigenvalue weighted by Crippen LogP contribution is 2.32. The molecule has 2 unspecified atom stereocenters. The monoisotopic (exact) mass is 394 g/mol. The molecule has 0 N–H and O–H groups in total. The number of halogens is 2. The molecule has 0 aliphatic heterocycles. The third-order valence-corrected chi connectivity index (χ3v) is 4.97. The van der Waals surface area contributed by atoms with Crippen LogP contribution in [0.25, 0.3) is 0 Å². The molecule has 0 aromatic heterocycles. The number of hydrogen-bond acceptors (Lipinski definition) is 0. The Hall–Kier alpha value is -0.600. The minimum absolute atomic E-state index is 0.580. The van der Waals surface area contributed by atoms with E-state index in [1.807, 2.05) is 0 Å². The summed E-state index contributed by atoms with van der Waals surface area (Å²) in [5.41, 5.74) is 2.86. The van der Waals surface area contributed by atoms with Crippen LogP contribution in [0.15, 0.2) is 57.5 Å². The van der Waals surface area contributed by atoms with Gasteiger partial charge in [-0.05, 0) is 60.1 Å². The van der Waals surface area contributed by atoms with Gasteiger partial charge < -0.3 is 0 Å². The second kappa shape index (κ2) is 7.42. The Labute approximate surface area is 138 Å². The van der Waals surface area contributed by atoms with Crippen LogP contribution >= 0.6 is 31.9 Å². The van der Waals surface area contributed by atoms with Crippen molar-refractivity contribution in [2.45, 2.75) is 38.5 Å². The van der Waals surface area contributed by atoms with Crippen molar-refractivity contribution in [1.82, 2.24) is 0 Å². The lowest BCUT2D eigenvalue weighted by molar-refractivity contribution is 0.544. The summed E-state index contributed by atoms with van der Waals surface area (Å²) in [6, 6.07) is 17.5. The highest BCUT2D eigenvalue weighted by molar-refractivity contribution is 9.10. The van der Waals surface area contributed by atoms with Gasteiger partial charge in [-0.25, -0.2) is 0 Å². The van der Waals surface area contributed by atoms with Crippen LogP contribution in [-0.4, -0.2) is 0 Å². The van der Waals surface area contributed by atoms with Crippen molar-refractivity contribution in [3.05, 3.63) is 68.6 Å². The van der Waals surface area contributed by atoms with Crippen LogP contribution in [0.5, 0.6) is 0 Å². The zero-order valence-electron chi connectivity index (χ0n) is 11.9. The molecule has 2 aromatic carbocycles. The van der Waals surface area contributed by atoms with E-state index in [2.05, 4.69) is 94.2 Å². The van der Waals surface area contributed by atoms with Gasteiger partial charge in [-0.3, -0.25) is 0 Å². The van der Waals surface area contributed by atoms with Crippen LogP contribution in [0.2, 0.25) is 0 Å². The van der Waals surface area contributed by atoms with Gasteiger partial charge in [0.1, 0.15) is 0 Å². The quantitative estimate of drug-likeness (QED) is 0.516. The molecule has 2 heteroatoms. The predicted molar refractivity (Wildman–Crippen MR) is 94.3 cm³/mol. The Bertz CT molecular complexity index is 528. The normalized spacial score (nSPS) is 14.0.